The van der Waals surface area contributed by atoms with Crippen LogP contribution in [0.5, 0.6) is 0 Å². The van der Waals surface area contributed by atoms with E-state index in [4.69, 9.17) is 0 Å². The maximum Gasteiger partial charge on any atom is 0.335 e. The Kier molecular flexibility index (Phi) is 3.34. The predicted molar refractivity (Wildman–Crippen MR) is 76.3 cm³/mol. The van der Waals surface area contributed by atoms with Gasteiger partial charge in [-0.15, -0.1) is 5.10 Å². The average molecular weight is 291 g/mol. The number of carbonyl (C=O) groups is 1. The molecule has 1 aromatic heterocycles. The summed E-state index contributed by atoms with van der Waals surface area (Å²) in [6.07, 6.45) is 1.38. The van der Waals surface area contributed by atoms with Gasteiger partial charge in [-0.2, -0.15) is 5.26 Å². The first-order chi connectivity index (χ1) is 10.7. The maximum atomic E-state index is 11.3. The fourth-order valence-electron chi connectivity index (χ4n) is 2.13. The molecule has 0 saturated carbocycles. The van der Waals surface area contributed by atoms with E-state index in [9.17, 15) is 15.2 Å². The van der Waals surface area contributed by atoms with Crippen molar-refractivity contribution in [1.82, 2.24) is 20.2 Å². The van der Waals surface area contributed by atoms with E-state index < -0.39 is 5.97 Å². The fourth-order valence-corrected chi connectivity index (χ4v) is 2.13. The number of carboxylic acid groups (broad SMARTS) is 1. The third kappa shape index (κ3) is 2.41. The Morgan fingerprint density at radius 2 is 2.05 bits per heavy atom. The van der Waals surface area contributed by atoms with E-state index in [0.717, 1.165) is 0 Å². The topological polar surface area (TPSA) is 105 Å². The second kappa shape index (κ2) is 5.46. The number of tetrazole rings is 1. The molecule has 0 spiro atoms. The smallest absolute Gasteiger partial charge is 0.335 e. The lowest BCUT2D eigenvalue weighted by molar-refractivity contribution is 0.0697. The lowest BCUT2D eigenvalue weighted by Gasteiger charge is -2.08. The van der Waals surface area contributed by atoms with Crippen LogP contribution in [0.25, 0.3) is 16.8 Å². The number of hydrogen-bond acceptors (Lipinski definition) is 5. The molecule has 106 valence electrons. The minimum absolute atomic E-state index is 0.0933. The molecule has 7 nitrogen and oxygen atoms in total. The number of aromatic carboxylic acids is 1. The summed E-state index contributed by atoms with van der Waals surface area (Å²) in [6.45, 7) is 0. The molecular formula is C15H9N5O2. The van der Waals surface area contributed by atoms with Gasteiger partial charge in [0.15, 0.2) is 0 Å². The molecule has 0 bridgehead atoms. The first-order valence-electron chi connectivity index (χ1n) is 6.30. The van der Waals surface area contributed by atoms with Gasteiger partial charge in [-0.25, -0.2) is 9.48 Å². The SMILES string of the molecule is N#Cc1ccccc1-c1cc(C(=O)O)cc(-n2cnnn2)c1. The summed E-state index contributed by atoms with van der Waals surface area (Å²) < 4.78 is 1.37. The lowest BCUT2D eigenvalue weighted by atomic mass is 9.98. The Labute approximate surface area is 125 Å². The van der Waals surface area contributed by atoms with Crippen LogP contribution in [0.15, 0.2) is 48.8 Å². The second-order valence-corrected chi connectivity index (χ2v) is 4.49. The van der Waals surface area contributed by atoms with Gasteiger partial charge in [0, 0.05) is 0 Å². The molecule has 1 N–H and O–H groups in total. The van der Waals surface area contributed by atoms with Crippen molar-refractivity contribution in [3.8, 4) is 22.9 Å². The van der Waals surface area contributed by atoms with E-state index in [1.54, 1.807) is 30.3 Å². The monoisotopic (exact) mass is 291 g/mol. The number of benzene rings is 2. The average Bonchev–Trinajstić information content (AvgIpc) is 3.09. The third-order valence-electron chi connectivity index (χ3n) is 3.14. The van der Waals surface area contributed by atoms with Crippen LogP contribution in [0.1, 0.15) is 15.9 Å². The van der Waals surface area contributed by atoms with Gasteiger partial charge >= 0.3 is 5.97 Å². The Morgan fingerprint density at radius 1 is 1.23 bits per heavy atom. The summed E-state index contributed by atoms with van der Waals surface area (Å²) in [7, 11) is 0. The molecule has 0 aliphatic rings. The maximum absolute atomic E-state index is 11.3. The van der Waals surface area contributed by atoms with Crippen LogP contribution >= 0.6 is 0 Å². The normalized spacial score (nSPS) is 10.1. The Hall–Kier alpha value is -3.53. The molecule has 0 aliphatic heterocycles. The Bertz CT molecular complexity index is 881. The summed E-state index contributed by atoms with van der Waals surface area (Å²) in [4.78, 5) is 11.3. The number of hydrogen-bond donors (Lipinski definition) is 1. The minimum Gasteiger partial charge on any atom is -0.478 e. The highest BCUT2D eigenvalue weighted by Gasteiger charge is 2.12. The molecule has 3 aromatic rings. The van der Waals surface area contributed by atoms with Gasteiger partial charge in [-0.05, 0) is 45.8 Å². The van der Waals surface area contributed by atoms with Crippen molar-refractivity contribution in [1.29, 1.82) is 5.26 Å². The minimum atomic E-state index is -1.06. The van der Waals surface area contributed by atoms with Gasteiger partial charge in [0.1, 0.15) is 6.33 Å². The number of nitrogens with zero attached hydrogens (tertiary/aromatic N) is 5. The zero-order chi connectivity index (χ0) is 15.5. The molecule has 0 aliphatic carbocycles. The molecule has 1 heterocycles. The molecular weight excluding hydrogens is 282 g/mol. The van der Waals surface area contributed by atoms with Gasteiger partial charge in [0.05, 0.1) is 22.9 Å². The summed E-state index contributed by atoms with van der Waals surface area (Å²) in [5.41, 5.74) is 2.33. The fraction of sp³-hybridized carbons (Fsp3) is 0. The van der Waals surface area contributed by atoms with Crippen LogP contribution in [0.3, 0.4) is 0 Å². The van der Waals surface area contributed by atoms with Crippen molar-refractivity contribution >= 4 is 5.97 Å². The third-order valence-corrected chi connectivity index (χ3v) is 3.14. The van der Waals surface area contributed by atoms with Crippen molar-refractivity contribution in [2.75, 3.05) is 0 Å². The molecule has 2 aromatic carbocycles. The van der Waals surface area contributed by atoms with Gasteiger partial charge < -0.3 is 5.11 Å². The number of aromatic nitrogens is 4. The Balaban J connectivity index is 2.24. The van der Waals surface area contributed by atoms with Crippen LogP contribution in [0.4, 0.5) is 0 Å². The standard InChI is InChI=1S/C15H9N5O2/c16-8-10-3-1-2-4-14(10)11-5-12(15(21)22)7-13(6-11)20-9-17-18-19-20/h1-7,9H,(H,21,22). The van der Waals surface area contributed by atoms with Gasteiger partial charge in [0.2, 0.25) is 0 Å². The highest BCUT2D eigenvalue weighted by atomic mass is 16.4. The first-order valence-corrected chi connectivity index (χ1v) is 6.30. The van der Waals surface area contributed by atoms with Crippen molar-refractivity contribution in [3.05, 3.63) is 59.9 Å². The van der Waals surface area contributed by atoms with Gasteiger partial charge in [-0.1, -0.05) is 18.2 Å². The summed E-state index contributed by atoms with van der Waals surface area (Å²) in [5, 5.41) is 29.3. The zero-order valence-electron chi connectivity index (χ0n) is 11.2. The van der Waals surface area contributed by atoms with Crippen LogP contribution in [-0.2, 0) is 0 Å². The molecule has 3 rings (SSSR count). The van der Waals surface area contributed by atoms with Crippen molar-refractivity contribution < 1.29 is 9.90 Å². The van der Waals surface area contributed by atoms with Crippen LogP contribution in [0.2, 0.25) is 0 Å². The number of carboxylic acids is 1. The molecule has 7 heteroatoms. The highest BCUT2D eigenvalue weighted by Crippen LogP contribution is 2.26. The molecule has 0 radical (unpaired) electrons. The van der Waals surface area contributed by atoms with Crippen molar-refractivity contribution in [3.63, 3.8) is 0 Å². The molecule has 0 unspecified atom stereocenters. The highest BCUT2D eigenvalue weighted by molar-refractivity contribution is 5.91. The molecule has 0 saturated heterocycles. The van der Waals surface area contributed by atoms with Crippen molar-refractivity contribution in [2.45, 2.75) is 0 Å². The van der Waals surface area contributed by atoms with E-state index in [2.05, 4.69) is 21.6 Å². The summed E-state index contributed by atoms with van der Waals surface area (Å²) in [6, 6.07) is 13.8. The van der Waals surface area contributed by atoms with Gasteiger partial charge in [0.25, 0.3) is 0 Å². The molecule has 22 heavy (non-hydrogen) atoms. The summed E-state index contributed by atoms with van der Waals surface area (Å²) in [5.74, 6) is -1.06. The quantitative estimate of drug-likeness (QED) is 0.790. The van der Waals surface area contributed by atoms with E-state index in [-0.39, 0.29) is 5.56 Å². The van der Waals surface area contributed by atoms with Crippen LogP contribution in [-0.4, -0.2) is 31.3 Å². The first kappa shape index (κ1) is 13.5. The van der Waals surface area contributed by atoms with Crippen LogP contribution < -0.4 is 0 Å². The second-order valence-electron chi connectivity index (χ2n) is 4.49. The van der Waals surface area contributed by atoms with Crippen molar-refractivity contribution in [2.24, 2.45) is 0 Å². The number of rotatable bonds is 3. The lowest BCUT2D eigenvalue weighted by Crippen LogP contribution is -2.02. The largest absolute Gasteiger partial charge is 0.478 e. The zero-order valence-corrected chi connectivity index (χ0v) is 11.2. The molecule has 0 atom stereocenters. The molecule has 0 fully saturated rings. The van der Waals surface area contributed by atoms with E-state index >= 15 is 0 Å². The van der Waals surface area contributed by atoms with E-state index in [1.807, 2.05) is 0 Å². The summed E-state index contributed by atoms with van der Waals surface area (Å²) >= 11 is 0. The Morgan fingerprint density at radius 3 is 2.73 bits per heavy atom. The van der Waals surface area contributed by atoms with Crippen LogP contribution in [0, 0.1) is 11.3 Å². The van der Waals surface area contributed by atoms with E-state index in [0.29, 0.717) is 22.4 Å². The van der Waals surface area contributed by atoms with E-state index in [1.165, 1.54) is 23.1 Å². The molecule has 0 amide bonds. The number of nitriles is 1. The van der Waals surface area contributed by atoms with Gasteiger partial charge in [-0.3, -0.25) is 0 Å². The predicted octanol–water partition coefficient (Wildman–Crippen LogP) is 1.90.